The molecule has 2 aromatic rings. The SMILES string of the molecule is CN(CC(=O)NC1CC1)C(=O)CSc1nnc2ccccn12. The molecule has 0 spiro atoms. The van der Waals surface area contributed by atoms with Crippen LogP contribution in [0.4, 0.5) is 0 Å². The molecule has 1 aliphatic rings. The van der Waals surface area contributed by atoms with Crippen molar-refractivity contribution >= 4 is 29.2 Å². The van der Waals surface area contributed by atoms with Gasteiger partial charge in [0.1, 0.15) is 0 Å². The minimum Gasteiger partial charge on any atom is -0.352 e. The zero-order valence-electron chi connectivity index (χ0n) is 12.2. The Bertz CT molecular complexity index is 697. The Morgan fingerprint density at radius 1 is 1.41 bits per heavy atom. The fraction of sp³-hybridized carbons (Fsp3) is 0.429. The van der Waals surface area contributed by atoms with E-state index in [1.54, 1.807) is 7.05 Å². The topological polar surface area (TPSA) is 79.6 Å². The number of carbonyl (C=O) groups is 2. The monoisotopic (exact) mass is 319 g/mol. The lowest BCUT2D eigenvalue weighted by Gasteiger charge is -2.16. The second kappa shape index (κ2) is 6.35. The summed E-state index contributed by atoms with van der Waals surface area (Å²) in [4.78, 5) is 25.2. The lowest BCUT2D eigenvalue weighted by molar-refractivity contribution is -0.132. The molecule has 1 saturated carbocycles. The maximum absolute atomic E-state index is 12.1. The summed E-state index contributed by atoms with van der Waals surface area (Å²) in [5.41, 5.74) is 0.745. The number of fused-ring (bicyclic) bond motifs is 1. The van der Waals surface area contributed by atoms with Crippen molar-refractivity contribution in [1.82, 2.24) is 24.8 Å². The van der Waals surface area contributed by atoms with Gasteiger partial charge in [0.15, 0.2) is 10.8 Å². The van der Waals surface area contributed by atoms with Crippen LogP contribution in [0, 0.1) is 0 Å². The quantitative estimate of drug-likeness (QED) is 0.787. The Hall–Kier alpha value is -2.09. The van der Waals surface area contributed by atoms with Crippen LogP contribution in [0.3, 0.4) is 0 Å². The van der Waals surface area contributed by atoms with Gasteiger partial charge in [0.05, 0.1) is 12.3 Å². The zero-order valence-corrected chi connectivity index (χ0v) is 13.0. The molecule has 0 aromatic carbocycles. The minimum atomic E-state index is -0.108. The van der Waals surface area contributed by atoms with Crippen LogP contribution < -0.4 is 5.32 Å². The summed E-state index contributed by atoms with van der Waals surface area (Å²) in [6.07, 6.45) is 3.94. The van der Waals surface area contributed by atoms with Crippen LogP contribution >= 0.6 is 11.8 Å². The summed E-state index contributed by atoms with van der Waals surface area (Å²) in [6.45, 7) is 0.0937. The molecular formula is C14H17N5O2S. The van der Waals surface area contributed by atoms with Crippen molar-refractivity contribution in [2.75, 3.05) is 19.3 Å². The Kier molecular flexibility index (Phi) is 4.28. The van der Waals surface area contributed by atoms with Crippen molar-refractivity contribution in [3.05, 3.63) is 24.4 Å². The van der Waals surface area contributed by atoms with Gasteiger partial charge < -0.3 is 10.2 Å². The number of nitrogens with one attached hydrogen (secondary N) is 1. The Morgan fingerprint density at radius 3 is 3.00 bits per heavy atom. The van der Waals surface area contributed by atoms with Crippen molar-refractivity contribution in [1.29, 1.82) is 0 Å². The largest absolute Gasteiger partial charge is 0.352 e. The van der Waals surface area contributed by atoms with E-state index in [1.807, 2.05) is 28.8 Å². The van der Waals surface area contributed by atoms with Gasteiger partial charge in [-0.2, -0.15) is 0 Å². The van der Waals surface area contributed by atoms with Crippen LogP contribution in [-0.2, 0) is 9.59 Å². The van der Waals surface area contributed by atoms with Crippen molar-refractivity contribution in [3.8, 4) is 0 Å². The molecular weight excluding hydrogens is 302 g/mol. The highest BCUT2D eigenvalue weighted by Gasteiger charge is 2.24. The van der Waals surface area contributed by atoms with E-state index in [9.17, 15) is 9.59 Å². The van der Waals surface area contributed by atoms with Crippen LogP contribution in [0.5, 0.6) is 0 Å². The summed E-state index contributed by atoms with van der Waals surface area (Å²) in [5, 5.41) is 11.6. The van der Waals surface area contributed by atoms with E-state index in [0.717, 1.165) is 18.5 Å². The summed E-state index contributed by atoms with van der Waals surface area (Å²) >= 11 is 1.31. The summed E-state index contributed by atoms with van der Waals surface area (Å²) in [5.74, 6) is 0.0167. The summed E-state index contributed by atoms with van der Waals surface area (Å²) in [6, 6.07) is 5.94. The number of hydrogen-bond acceptors (Lipinski definition) is 5. The number of nitrogens with zero attached hydrogens (tertiary/aromatic N) is 4. The molecule has 0 unspecified atom stereocenters. The van der Waals surface area contributed by atoms with Crippen molar-refractivity contribution in [3.63, 3.8) is 0 Å². The first kappa shape index (κ1) is 14.8. The Balaban J connectivity index is 1.51. The third kappa shape index (κ3) is 3.56. The molecule has 2 amide bonds. The highest BCUT2D eigenvalue weighted by Crippen LogP contribution is 2.19. The van der Waals surface area contributed by atoms with Gasteiger partial charge in [0, 0.05) is 19.3 Å². The first-order valence-corrected chi connectivity index (χ1v) is 8.08. The third-order valence-corrected chi connectivity index (χ3v) is 4.28. The number of amides is 2. The average molecular weight is 319 g/mol. The molecule has 8 heteroatoms. The number of pyridine rings is 1. The van der Waals surface area contributed by atoms with E-state index >= 15 is 0 Å². The van der Waals surface area contributed by atoms with E-state index in [0.29, 0.717) is 11.2 Å². The van der Waals surface area contributed by atoms with Gasteiger partial charge in [0.2, 0.25) is 11.8 Å². The molecule has 0 aliphatic heterocycles. The molecule has 1 aliphatic carbocycles. The molecule has 0 saturated heterocycles. The Morgan fingerprint density at radius 2 is 2.23 bits per heavy atom. The van der Waals surface area contributed by atoms with E-state index in [-0.39, 0.29) is 24.1 Å². The number of thioether (sulfide) groups is 1. The summed E-state index contributed by atoms with van der Waals surface area (Å²) < 4.78 is 1.83. The van der Waals surface area contributed by atoms with Crippen LogP contribution in [0.1, 0.15) is 12.8 Å². The molecule has 2 aromatic heterocycles. The van der Waals surface area contributed by atoms with E-state index < -0.39 is 0 Å². The molecule has 1 fully saturated rings. The first-order valence-electron chi connectivity index (χ1n) is 7.09. The smallest absolute Gasteiger partial charge is 0.239 e. The number of carbonyl (C=O) groups excluding carboxylic acids is 2. The number of hydrogen-bond donors (Lipinski definition) is 1. The number of likely N-dealkylation sites (N-methyl/N-ethyl adjacent to an activating group) is 1. The molecule has 0 radical (unpaired) electrons. The second-order valence-electron chi connectivity index (χ2n) is 5.29. The molecule has 3 rings (SSSR count). The summed E-state index contributed by atoms with van der Waals surface area (Å²) in [7, 11) is 1.64. The van der Waals surface area contributed by atoms with Gasteiger partial charge in [-0.3, -0.25) is 14.0 Å². The van der Waals surface area contributed by atoms with Crippen LogP contribution in [0.15, 0.2) is 29.6 Å². The normalized spacial score (nSPS) is 14.0. The van der Waals surface area contributed by atoms with Crippen LogP contribution in [-0.4, -0.2) is 56.7 Å². The van der Waals surface area contributed by atoms with E-state index in [1.165, 1.54) is 16.7 Å². The number of aromatic nitrogens is 3. The first-order chi connectivity index (χ1) is 10.6. The predicted octanol–water partition coefficient (Wildman–Crippen LogP) is 0.558. The fourth-order valence-electron chi connectivity index (χ4n) is 1.96. The maximum atomic E-state index is 12.1. The fourth-order valence-corrected chi connectivity index (χ4v) is 2.82. The van der Waals surface area contributed by atoms with Crippen molar-refractivity contribution in [2.45, 2.75) is 24.0 Å². The predicted molar refractivity (Wildman–Crippen MR) is 82.5 cm³/mol. The second-order valence-corrected chi connectivity index (χ2v) is 6.23. The molecule has 2 heterocycles. The average Bonchev–Trinajstić information content (AvgIpc) is 3.22. The third-order valence-electron chi connectivity index (χ3n) is 3.36. The standard InChI is InChI=1S/C14H17N5O2S/c1-18(8-12(20)15-10-5-6-10)13(21)9-22-14-17-16-11-4-2-3-7-19(11)14/h2-4,7,10H,5-6,8-9H2,1H3,(H,15,20). The van der Waals surface area contributed by atoms with Crippen LogP contribution in [0.2, 0.25) is 0 Å². The van der Waals surface area contributed by atoms with Gasteiger partial charge in [-0.05, 0) is 25.0 Å². The highest BCUT2D eigenvalue weighted by molar-refractivity contribution is 7.99. The van der Waals surface area contributed by atoms with E-state index in [4.69, 9.17) is 0 Å². The molecule has 7 nitrogen and oxygen atoms in total. The lowest BCUT2D eigenvalue weighted by Crippen LogP contribution is -2.39. The van der Waals surface area contributed by atoms with Gasteiger partial charge in [0.25, 0.3) is 0 Å². The zero-order chi connectivity index (χ0) is 15.5. The molecule has 0 bridgehead atoms. The number of rotatable bonds is 6. The van der Waals surface area contributed by atoms with Gasteiger partial charge in [-0.25, -0.2) is 0 Å². The maximum Gasteiger partial charge on any atom is 0.239 e. The van der Waals surface area contributed by atoms with Crippen molar-refractivity contribution < 1.29 is 9.59 Å². The molecule has 0 atom stereocenters. The van der Waals surface area contributed by atoms with E-state index in [2.05, 4.69) is 15.5 Å². The van der Waals surface area contributed by atoms with Gasteiger partial charge in [-0.15, -0.1) is 10.2 Å². The highest BCUT2D eigenvalue weighted by atomic mass is 32.2. The van der Waals surface area contributed by atoms with Gasteiger partial charge >= 0.3 is 0 Å². The van der Waals surface area contributed by atoms with Gasteiger partial charge in [-0.1, -0.05) is 17.8 Å². The lowest BCUT2D eigenvalue weighted by atomic mass is 10.5. The Labute approximate surface area is 132 Å². The van der Waals surface area contributed by atoms with Crippen molar-refractivity contribution in [2.24, 2.45) is 0 Å². The minimum absolute atomic E-state index is 0.0937. The molecule has 22 heavy (non-hydrogen) atoms. The molecule has 116 valence electrons. The molecule has 1 N–H and O–H groups in total. The van der Waals surface area contributed by atoms with Crippen LogP contribution in [0.25, 0.3) is 5.65 Å².